The van der Waals surface area contributed by atoms with E-state index in [4.69, 9.17) is 11.6 Å². The zero-order valence-electron chi connectivity index (χ0n) is 13.5. The molecule has 0 N–H and O–H groups in total. The highest BCUT2D eigenvalue weighted by atomic mass is 35.5. The second kappa shape index (κ2) is 5.67. The van der Waals surface area contributed by atoms with E-state index in [2.05, 4.69) is 22.3 Å². The van der Waals surface area contributed by atoms with E-state index in [0.717, 1.165) is 18.7 Å². The Kier molecular flexibility index (Phi) is 3.58. The summed E-state index contributed by atoms with van der Waals surface area (Å²) in [5, 5.41) is 20.3. The molecule has 3 aromatic rings. The Balaban J connectivity index is 1.83. The van der Waals surface area contributed by atoms with Crippen molar-refractivity contribution in [3.05, 3.63) is 75.1 Å². The average molecular weight is 355 g/mol. The van der Waals surface area contributed by atoms with Crippen molar-refractivity contribution in [2.45, 2.75) is 18.3 Å². The number of aromatic nitrogens is 3. The number of halogens is 1. The van der Waals surface area contributed by atoms with Gasteiger partial charge in [0.1, 0.15) is 5.82 Å². The Morgan fingerprint density at radius 1 is 1.16 bits per heavy atom. The molecule has 0 amide bonds. The molecule has 0 aliphatic heterocycles. The highest BCUT2D eigenvalue weighted by molar-refractivity contribution is 6.30. The molecule has 0 bridgehead atoms. The van der Waals surface area contributed by atoms with Gasteiger partial charge in [-0.2, -0.15) is 0 Å². The largest absolute Gasteiger partial charge is 0.313 e. The minimum absolute atomic E-state index is 0.0703. The van der Waals surface area contributed by atoms with Crippen molar-refractivity contribution in [1.29, 1.82) is 0 Å². The van der Waals surface area contributed by atoms with Crippen molar-refractivity contribution >= 4 is 17.3 Å². The third-order valence-electron chi connectivity index (χ3n) is 4.78. The molecule has 2 aromatic carbocycles. The van der Waals surface area contributed by atoms with Crippen molar-refractivity contribution in [2.24, 2.45) is 7.05 Å². The molecule has 0 radical (unpaired) electrons. The summed E-state index contributed by atoms with van der Waals surface area (Å²) in [4.78, 5) is 10.9. The predicted molar refractivity (Wildman–Crippen MR) is 94.6 cm³/mol. The third kappa shape index (κ3) is 2.49. The van der Waals surface area contributed by atoms with Crippen LogP contribution in [0.1, 0.15) is 24.2 Å². The Hall–Kier alpha value is -2.73. The van der Waals surface area contributed by atoms with Gasteiger partial charge in [0.05, 0.1) is 15.9 Å². The molecular formula is C18H15ClN4O2. The van der Waals surface area contributed by atoms with Gasteiger partial charge >= 0.3 is 0 Å². The van der Waals surface area contributed by atoms with Gasteiger partial charge in [0.25, 0.3) is 5.69 Å². The van der Waals surface area contributed by atoms with Crippen LogP contribution in [0, 0.1) is 10.1 Å². The van der Waals surface area contributed by atoms with Gasteiger partial charge in [-0.05, 0) is 30.5 Å². The summed E-state index contributed by atoms with van der Waals surface area (Å²) in [6.45, 7) is 0. The van der Waals surface area contributed by atoms with E-state index in [9.17, 15) is 10.1 Å². The Labute approximate surface area is 149 Å². The molecule has 0 saturated heterocycles. The molecule has 0 unspecified atom stereocenters. The second-order valence-electron chi connectivity index (χ2n) is 6.27. The molecule has 1 aromatic heterocycles. The van der Waals surface area contributed by atoms with Crippen LogP contribution in [-0.2, 0) is 12.5 Å². The number of nitro benzene ring substituents is 1. The monoisotopic (exact) mass is 354 g/mol. The molecule has 1 fully saturated rings. The Morgan fingerprint density at radius 2 is 1.88 bits per heavy atom. The highest BCUT2D eigenvalue weighted by Gasteiger charge is 2.50. The summed E-state index contributed by atoms with van der Waals surface area (Å²) in [5.41, 5.74) is 1.39. The SMILES string of the molecule is Cn1c(-c2ccc(Cl)cc2[N+](=O)[O-])nnc1C1(c2ccccc2)CC1. The van der Waals surface area contributed by atoms with Crippen LogP contribution in [0.4, 0.5) is 5.69 Å². The second-order valence-corrected chi connectivity index (χ2v) is 6.71. The number of benzene rings is 2. The predicted octanol–water partition coefficient (Wildman–Crippen LogP) is 4.12. The molecule has 7 heteroatoms. The quantitative estimate of drug-likeness (QED) is 0.521. The fraction of sp³-hybridized carbons (Fsp3) is 0.222. The smallest absolute Gasteiger partial charge is 0.281 e. The van der Waals surface area contributed by atoms with Crippen molar-refractivity contribution in [3.63, 3.8) is 0 Å². The summed E-state index contributed by atoms with van der Waals surface area (Å²) < 4.78 is 1.86. The Bertz CT molecular complexity index is 964. The van der Waals surface area contributed by atoms with Gasteiger partial charge in [-0.15, -0.1) is 10.2 Å². The molecular weight excluding hydrogens is 340 g/mol. The minimum atomic E-state index is -0.445. The van der Waals surface area contributed by atoms with Crippen LogP contribution in [0.15, 0.2) is 48.5 Å². The van der Waals surface area contributed by atoms with Crippen LogP contribution in [0.5, 0.6) is 0 Å². The van der Waals surface area contributed by atoms with Crippen LogP contribution in [0.25, 0.3) is 11.4 Å². The highest BCUT2D eigenvalue weighted by Crippen LogP contribution is 2.53. The molecule has 1 saturated carbocycles. The van der Waals surface area contributed by atoms with Gasteiger partial charge in [0.2, 0.25) is 0 Å². The molecule has 1 aliphatic carbocycles. The molecule has 4 rings (SSSR count). The first kappa shape index (κ1) is 15.8. The number of hydrogen-bond donors (Lipinski definition) is 0. The van der Waals surface area contributed by atoms with Gasteiger partial charge in [-0.25, -0.2) is 0 Å². The molecule has 126 valence electrons. The molecule has 25 heavy (non-hydrogen) atoms. The zero-order chi connectivity index (χ0) is 17.6. The van der Waals surface area contributed by atoms with Crippen LogP contribution in [0.2, 0.25) is 5.02 Å². The molecule has 0 atom stereocenters. The van der Waals surface area contributed by atoms with E-state index >= 15 is 0 Å². The van der Waals surface area contributed by atoms with Gasteiger partial charge in [-0.1, -0.05) is 41.9 Å². The maximum atomic E-state index is 11.4. The van der Waals surface area contributed by atoms with Crippen molar-refractivity contribution in [3.8, 4) is 11.4 Å². The Morgan fingerprint density at radius 3 is 2.52 bits per heavy atom. The lowest BCUT2D eigenvalue weighted by Crippen LogP contribution is -2.15. The summed E-state index contributed by atoms with van der Waals surface area (Å²) in [6.07, 6.45) is 1.98. The lowest BCUT2D eigenvalue weighted by atomic mass is 9.95. The first-order valence-electron chi connectivity index (χ1n) is 7.93. The maximum Gasteiger partial charge on any atom is 0.281 e. The van der Waals surface area contributed by atoms with E-state index in [1.54, 1.807) is 12.1 Å². The fourth-order valence-corrected chi connectivity index (χ4v) is 3.52. The van der Waals surface area contributed by atoms with E-state index in [1.807, 2.05) is 29.8 Å². The lowest BCUT2D eigenvalue weighted by Gasteiger charge is -2.15. The number of nitrogens with zero attached hydrogens (tertiary/aromatic N) is 4. The number of nitro groups is 1. The van der Waals surface area contributed by atoms with Gasteiger partial charge in [0, 0.05) is 18.1 Å². The molecule has 1 heterocycles. The first-order valence-corrected chi connectivity index (χ1v) is 8.30. The van der Waals surface area contributed by atoms with Gasteiger partial charge in [-0.3, -0.25) is 10.1 Å². The molecule has 1 aliphatic rings. The van der Waals surface area contributed by atoms with Crippen LogP contribution < -0.4 is 0 Å². The first-order chi connectivity index (χ1) is 12.0. The van der Waals surface area contributed by atoms with E-state index < -0.39 is 4.92 Å². The minimum Gasteiger partial charge on any atom is -0.313 e. The standard InChI is InChI=1S/C18H15ClN4O2/c1-22-16(14-8-7-13(19)11-15(14)23(24)25)20-21-17(22)18(9-10-18)12-5-3-2-4-6-12/h2-8,11H,9-10H2,1H3. The maximum absolute atomic E-state index is 11.4. The zero-order valence-corrected chi connectivity index (χ0v) is 14.3. The van der Waals surface area contributed by atoms with E-state index in [1.165, 1.54) is 11.6 Å². The average Bonchev–Trinajstić information content (AvgIpc) is 3.33. The summed E-state index contributed by atoms with van der Waals surface area (Å²) >= 11 is 5.91. The summed E-state index contributed by atoms with van der Waals surface area (Å²) in [5.74, 6) is 1.30. The van der Waals surface area contributed by atoms with Gasteiger partial charge < -0.3 is 4.57 Å². The van der Waals surface area contributed by atoms with Crippen LogP contribution in [0.3, 0.4) is 0 Å². The lowest BCUT2D eigenvalue weighted by molar-refractivity contribution is -0.384. The van der Waals surface area contributed by atoms with Crippen LogP contribution >= 0.6 is 11.6 Å². The topological polar surface area (TPSA) is 73.8 Å². The third-order valence-corrected chi connectivity index (χ3v) is 5.01. The summed E-state index contributed by atoms with van der Waals surface area (Å²) in [6, 6.07) is 14.8. The summed E-state index contributed by atoms with van der Waals surface area (Å²) in [7, 11) is 1.85. The van der Waals surface area contributed by atoms with Crippen LogP contribution in [-0.4, -0.2) is 19.7 Å². The van der Waals surface area contributed by atoms with Crippen molar-refractivity contribution < 1.29 is 4.92 Å². The van der Waals surface area contributed by atoms with Crippen molar-refractivity contribution in [1.82, 2.24) is 14.8 Å². The molecule has 6 nitrogen and oxygen atoms in total. The fourth-order valence-electron chi connectivity index (χ4n) is 3.35. The van der Waals surface area contributed by atoms with Crippen molar-refractivity contribution in [2.75, 3.05) is 0 Å². The van der Waals surface area contributed by atoms with Gasteiger partial charge in [0.15, 0.2) is 5.82 Å². The number of hydrogen-bond acceptors (Lipinski definition) is 4. The number of rotatable bonds is 4. The van der Waals surface area contributed by atoms with E-state index in [-0.39, 0.29) is 11.1 Å². The van der Waals surface area contributed by atoms with E-state index in [0.29, 0.717) is 16.4 Å². The molecule has 0 spiro atoms. The normalized spacial score (nSPS) is 15.1.